The van der Waals surface area contributed by atoms with E-state index in [0.29, 0.717) is 5.92 Å². The second kappa shape index (κ2) is 5.18. The van der Waals surface area contributed by atoms with Gasteiger partial charge in [0, 0.05) is 24.0 Å². The number of pyridine rings is 1. The van der Waals surface area contributed by atoms with Gasteiger partial charge in [0.1, 0.15) is 5.82 Å². The highest BCUT2D eigenvalue weighted by molar-refractivity contribution is 5.97. The van der Waals surface area contributed by atoms with E-state index in [1.165, 1.54) is 42.3 Å². The van der Waals surface area contributed by atoms with E-state index in [9.17, 15) is 0 Å². The van der Waals surface area contributed by atoms with Gasteiger partial charge in [-0.25, -0.2) is 4.98 Å². The molecule has 1 atom stereocenters. The fourth-order valence-electron chi connectivity index (χ4n) is 4.47. The molecule has 0 aliphatic carbocycles. The van der Waals surface area contributed by atoms with Gasteiger partial charge in [-0.05, 0) is 50.4 Å². The van der Waals surface area contributed by atoms with Crippen molar-refractivity contribution in [2.45, 2.75) is 31.8 Å². The molecule has 24 heavy (non-hydrogen) atoms. The number of piperidine rings is 3. The summed E-state index contributed by atoms with van der Waals surface area (Å²) >= 11 is 0. The van der Waals surface area contributed by atoms with E-state index in [4.69, 9.17) is 4.84 Å². The van der Waals surface area contributed by atoms with Gasteiger partial charge in [0.25, 0.3) is 0 Å². The van der Waals surface area contributed by atoms with Crippen molar-refractivity contribution in [2.75, 3.05) is 25.0 Å². The summed E-state index contributed by atoms with van der Waals surface area (Å²) in [7, 11) is 0. The summed E-state index contributed by atoms with van der Waals surface area (Å²) < 4.78 is 0. The minimum absolute atomic E-state index is 0.104. The Balaban J connectivity index is 1.35. The number of aromatic nitrogens is 1. The van der Waals surface area contributed by atoms with E-state index in [0.717, 1.165) is 24.6 Å². The Morgan fingerprint density at radius 2 is 2.08 bits per heavy atom. The zero-order chi connectivity index (χ0) is 16.1. The predicted octanol–water partition coefficient (Wildman–Crippen LogP) is 3.15. The first-order chi connectivity index (χ1) is 11.7. The maximum absolute atomic E-state index is 5.96. The number of amidine groups is 1. The maximum Gasteiger partial charge on any atom is 0.160 e. The molecule has 1 unspecified atom stereocenters. The molecule has 0 saturated carbocycles. The number of oxime groups is 1. The lowest BCUT2D eigenvalue weighted by atomic mass is 9.73. The van der Waals surface area contributed by atoms with Crippen LogP contribution in [0.15, 0.2) is 35.6 Å². The average molecular weight is 322 g/mol. The molecule has 5 nitrogen and oxygen atoms in total. The summed E-state index contributed by atoms with van der Waals surface area (Å²) in [5.41, 5.74) is 1.15. The maximum atomic E-state index is 5.96. The second-order valence-electron chi connectivity index (χ2n) is 7.47. The lowest BCUT2D eigenvalue weighted by molar-refractivity contribution is -0.136. The Morgan fingerprint density at radius 3 is 2.88 bits per heavy atom. The first-order valence-corrected chi connectivity index (χ1v) is 8.81. The van der Waals surface area contributed by atoms with Crippen molar-refractivity contribution in [1.29, 1.82) is 0 Å². The highest BCUT2D eigenvalue weighted by Crippen LogP contribution is 2.43. The molecule has 1 aromatic carbocycles. The summed E-state index contributed by atoms with van der Waals surface area (Å²) in [4.78, 5) is 13.0. The van der Waals surface area contributed by atoms with Gasteiger partial charge in [-0.2, -0.15) is 0 Å². The zero-order valence-corrected chi connectivity index (χ0v) is 14.0. The minimum atomic E-state index is -0.104. The third-order valence-electron chi connectivity index (χ3n) is 5.78. The van der Waals surface area contributed by atoms with Crippen LogP contribution in [-0.2, 0) is 4.84 Å². The van der Waals surface area contributed by atoms with Crippen molar-refractivity contribution in [3.63, 3.8) is 0 Å². The van der Waals surface area contributed by atoms with Crippen LogP contribution in [0.3, 0.4) is 0 Å². The average Bonchev–Trinajstić information content (AvgIpc) is 2.98. The largest absolute Gasteiger partial charge is 0.386 e. The highest BCUT2D eigenvalue weighted by Gasteiger charge is 2.52. The summed E-state index contributed by atoms with van der Waals surface area (Å²) in [6, 6.07) is 8.51. The molecule has 0 amide bonds. The SMILES string of the molecule is Cc1ccc2cc(NC3=NOC4(C3)CN3CCC4CC3)ncc2c1. The number of nitrogens with one attached hydrogen (secondary N) is 1. The highest BCUT2D eigenvalue weighted by atomic mass is 16.7. The summed E-state index contributed by atoms with van der Waals surface area (Å²) in [5.74, 6) is 2.38. The molecule has 2 bridgehead atoms. The number of fused-ring (bicyclic) bond motifs is 3. The fraction of sp³-hybridized carbons (Fsp3) is 0.474. The van der Waals surface area contributed by atoms with Gasteiger partial charge in [-0.1, -0.05) is 22.9 Å². The van der Waals surface area contributed by atoms with E-state index >= 15 is 0 Å². The smallest absolute Gasteiger partial charge is 0.160 e. The monoisotopic (exact) mass is 322 g/mol. The number of anilines is 1. The quantitative estimate of drug-likeness (QED) is 0.876. The van der Waals surface area contributed by atoms with Crippen LogP contribution in [0, 0.1) is 12.8 Å². The molecular formula is C19H22N4O. The molecule has 124 valence electrons. The molecule has 4 aliphatic rings. The molecule has 1 N–H and O–H groups in total. The van der Waals surface area contributed by atoms with Crippen molar-refractivity contribution in [3.05, 3.63) is 36.0 Å². The number of nitrogens with zero attached hydrogens (tertiary/aromatic N) is 3. The van der Waals surface area contributed by atoms with E-state index < -0.39 is 0 Å². The number of aryl methyl sites for hydroxylation is 1. The molecule has 4 aliphatic heterocycles. The van der Waals surface area contributed by atoms with Gasteiger partial charge < -0.3 is 10.2 Å². The summed E-state index contributed by atoms with van der Waals surface area (Å²) in [5, 5.41) is 10.1. The van der Waals surface area contributed by atoms with Gasteiger partial charge in [-0.3, -0.25) is 4.90 Å². The molecule has 0 radical (unpaired) electrons. The van der Waals surface area contributed by atoms with E-state index in [2.05, 4.69) is 51.5 Å². The molecule has 6 rings (SSSR count). The predicted molar refractivity (Wildman–Crippen MR) is 95.1 cm³/mol. The molecule has 1 spiro atoms. The third kappa shape index (κ3) is 2.26. The minimum Gasteiger partial charge on any atom is -0.386 e. The summed E-state index contributed by atoms with van der Waals surface area (Å²) in [6.07, 6.45) is 5.25. The van der Waals surface area contributed by atoms with Crippen molar-refractivity contribution in [1.82, 2.24) is 9.88 Å². The Hall–Kier alpha value is -2.14. The van der Waals surface area contributed by atoms with Crippen molar-refractivity contribution in [3.8, 4) is 0 Å². The van der Waals surface area contributed by atoms with Crippen LogP contribution < -0.4 is 5.32 Å². The van der Waals surface area contributed by atoms with Gasteiger partial charge in [-0.15, -0.1) is 0 Å². The molecule has 3 saturated heterocycles. The zero-order valence-electron chi connectivity index (χ0n) is 14.0. The molecule has 5 heterocycles. The molecular weight excluding hydrogens is 300 g/mol. The number of hydrogen-bond donors (Lipinski definition) is 1. The Kier molecular flexibility index (Phi) is 3.07. The summed E-state index contributed by atoms with van der Waals surface area (Å²) in [6.45, 7) is 5.54. The molecule has 2 aromatic rings. The second-order valence-corrected chi connectivity index (χ2v) is 7.47. The van der Waals surface area contributed by atoms with Crippen LogP contribution in [0.1, 0.15) is 24.8 Å². The van der Waals surface area contributed by atoms with Crippen molar-refractivity contribution < 1.29 is 4.84 Å². The Bertz CT molecular complexity index is 825. The molecule has 3 fully saturated rings. The third-order valence-corrected chi connectivity index (χ3v) is 5.78. The number of hydrogen-bond acceptors (Lipinski definition) is 5. The van der Waals surface area contributed by atoms with Crippen LogP contribution in [0.25, 0.3) is 10.8 Å². The van der Waals surface area contributed by atoms with Crippen LogP contribution in [0.5, 0.6) is 0 Å². The van der Waals surface area contributed by atoms with Gasteiger partial charge in [0.15, 0.2) is 11.4 Å². The van der Waals surface area contributed by atoms with E-state index in [-0.39, 0.29) is 5.60 Å². The lowest BCUT2D eigenvalue weighted by Gasteiger charge is -2.49. The molecule has 1 aromatic heterocycles. The lowest BCUT2D eigenvalue weighted by Crippen LogP contribution is -2.59. The molecule has 5 heteroatoms. The fourth-order valence-corrected chi connectivity index (χ4v) is 4.47. The first-order valence-electron chi connectivity index (χ1n) is 8.81. The van der Waals surface area contributed by atoms with Gasteiger partial charge >= 0.3 is 0 Å². The van der Waals surface area contributed by atoms with Crippen LogP contribution in [0.2, 0.25) is 0 Å². The van der Waals surface area contributed by atoms with Crippen molar-refractivity contribution in [2.24, 2.45) is 11.1 Å². The van der Waals surface area contributed by atoms with Crippen LogP contribution >= 0.6 is 0 Å². The number of rotatable bonds is 1. The Labute approximate surface area is 141 Å². The van der Waals surface area contributed by atoms with Crippen LogP contribution in [-0.4, -0.2) is 41.0 Å². The number of benzene rings is 1. The van der Waals surface area contributed by atoms with Crippen molar-refractivity contribution >= 4 is 22.4 Å². The van der Waals surface area contributed by atoms with E-state index in [1.54, 1.807) is 0 Å². The standard InChI is InChI=1S/C19H22N4O/c1-13-2-3-14-9-17(20-11-15(14)8-13)21-18-10-19(24-22-18)12-23-6-4-16(19)5-7-23/h2-3,8-9,11,16H,4-7,10,12H2,1H3,(H,20,21,22). The van der Waals surface area contributed by atoms with Gasteiger partial charge in [0.05, 0.1) is 6.42 Å². The normalized spacial score (nSPS) is 31.3. The topological polar surface area (TPSA) is 49.8 Å². The van der Waals surface area contributed by atoms with Gasteiger partial charge in [0.2, 0.25) is 0 Å². The Morgan fingerprint density at radius 1 is 1.21 bits per heavy atom. The van der Waals surface area contributed by atoms with Crippen LogP contribution in [0.4, 0.5) is 5.82 Å². The van der Waals surface area contributed by atoms with E-state index in [1.807, 2.05) is 6.20 Å². The first kappa shape index (κ1) is 14.2.